The molecule has 1 aromatic heterocycles. The number of sulfonamides is 1. The van der Waals surface area contributed by atoms with Crippen molar-refractivity contribution in [1.82, 2.24) is 4.72 Å². The predicted molar refractivity (Wildman–Crippen MR) is 124 cm³/mol. The first kappa shape index (κ1) is 20.8. The lowest BCUT2D eigenvalue weighted by atomic mass is 10.1. The number of phenolic OH excluding ortho intramolecular Hbond substituents is 1. The summed E-state index contributed by atoms with van der Waals surface area (Å²) < 4.78 is 41.9. The van der Waals surface area contributed by atoms with Crippen molar-refractivity contribution in [3.63, 3.8) is 0 Å². The molecule has 1 aliphatic heterocycles. The predicted octanol–water partition coefficient (Wildman–Crippen LogP) is 4.84. The molecule has 164 valence electrons. The quantitative estimate of drug-likeness (QED) is 0.439. The first-order chi connectivity index (χ1) is 15.5. The summed E-state index contributed by atoms with van der Waals surface area (Å²) in [7, 11) is -3.88. The van der Waals surface area contributed by atoms with Crippen molar-refractivity contribution in [2.24, 2.45) is 0 Å². The Kier molecular flexibility index (Phi) is 5.50. The molecule has 6 nitrogen and oxygen atoms in total. The molecule has 0 spiro atoms. The number of hydrogen-bond acceptors (Lipinski definition) is 6. The molecule has 0 saturated carbocycles. The average molecular weight is 468 g/mol. The molecule has 2 heterocycles. The Bertz CT molecular complexity index is 1370. The molecule has 32 heavy (non-hydrogen) atoms. The smallest absolute Gasteiger partial charge is 0.241 e. The minimum atomic E-state index is -3.88. The fourth-order valence-corrected chi connectivity index (χ4v) is 6.08. The van der Waals surface area contributed by atoms with E-state index in [1.165, 1.54) is 23.5 Å². The standard InChI is InChI=1S/C24H21NO5S2/c26-18-7-10-22-17(13-18)14-23(31-22)24(16-5-2-1-3-6-16)25-32(27,28)19-8-9-20-21(15-19)30-12-4-11-29-20/h1-3,5-10,13-15,24-26H,4,11-12H2/t24-/m1/s1. The Balaban J connectivity index is 1.54. The molecule has 0 radical (unpaired) electrons. The fraction of sp³-hybridized carbons (Fsp3) is 0.167. The van der Waals surface area contributed by atoms with E-state index in [0.717, 1.165) is 26.9 Å². The minimum Gasteiger partial charge on any atom is -0.508 e. The molecule has 8 heteroatoms. The van der Waals surface area contributed by atoms with E-state index in [1.54, 1.807) is 18.2 Å². The lowest BCUT2D eigenvalue weighted by Crippen LogP contribution is -2.29. The van der Waals surface area contributed by atoms with E-state index in [1.807, 2.05) is 42.5 Å². The normalized spacial score (nSPS) is 14.8. The van der Waals surface area contributed by atoms with Gasteiger partial charge in [0.1, 0.15) is 5.75 Å². The van der Waals surface area contributed by atoms with Gasteiger partial charge in [-0.2, -0.15) is 4.72 Å². The van der Waals surface area contributed by atoms with Crippen molar-refractivity contribution in [2.45, 2.75) is 17.4 Å². The summed E-state index contributed by atoms with van der Waals surface area (Å²) in [5.41, 5.74) is 0.821. The van der Waals surface area contributed by atoms with E-state index in [2.05, 4.69) is 4.72 Å². The van der Waals surface area contributed by atoms with Crippen LogP contribution < -0.4 is 14.2 Å². The van der Waals surface area contributed by atoms with Crippen LogP contribution in [-0.2, 0) is 10.0 Å². The van der Waals surface area contributed by atoms with Gasteiger partial charge >= 0.3 is 0 Å². The second-order valence-electron chi connectivity index (χ2n) is 7.49. The zero-order valence-corrected chi connectivity index (χ0v) is 18.7. The maximum atomic E-state index is 13.4. The molecule has 0 saturated heterocycles. The van der Waals surface area contributed by atoms with Crippen molar-refractivity contribution in [3.8, 4) is 17.2 Å². The van der Waals surface area contributed by atoms with Crippen LogP contribution in [0.15, 0.2) is 77.7 Å². The van der Waals surface area contributed by atoms with Gasteiger partial charge < -0.3 is 14.6 Å². The number of ether oxygens (including phenoxy) is 2. The Morgan fingerprint density at radius 3 is 2.50 bits per heavy atom. The third-order valence-corrected chi connectivity index (χ3v) is 7.84. The number of fused-ring (bicyclic) bond motifs is 2. The highest BCUT2D eigenvalue weighted by atomic mass is 32.2. The van der Waals surface area contributed by atoms with Crippen LogP contribution >= 0.6 is 11.3 Å². The van der Waals surface area contributed by atoms with Crippen LogP contribution in [0.3, 0.4) is 0 Å². The summed E-state index contributed by atoms with van der Waals surface area (Å²) in [5.74, 6) is 1.15. The second kappa shape index (κ2) is 8.46. The van der Waals surface area contributed by atoms with Crippen LogP contribution in [-0.4, -0.2) is 26.7 Å². The van der Waals surface area contributed by atoms with Crippen molar-refractivity contribution >= 4 is 31.4 Å². The van der Waals surface area contributed by atoms with E-state index >= 15 is 0 Å². The Morgan fingerprint density at radius 2 is 1.69 bits per heavy atom. The largest absolute Gasteiger partial charge is 0.508 e. The van der Waals surface area contributed by atoms with Crippen LogP contribution in [0.2, 0.25) is 0 Å². The van der Waals surface area contributed by atoms with Crippen LogP contribution in [0.4, 0.5) is 0 Å². The summed E-state index contributed by atoms with van der Waals surface area (Å²) in [6, 6.07) is 20.6. The molecule has 0 unspecified atom stereocenters. The van der Waals surface area contributed by atoms with Gasteiger partial charge in [-0.25, -0.2) is 8.42 Å². The molecule has 0 amide bonds. The summed E-state index contributed by atoms with van der Waals surface area (Å²) in [6.45, 7) is 1.01. The molecule has 0 fully saturated rings. The van der Waals surface area contributed by atoms with Gasteiger partial charge in [0, 0.05) is 22.1 Å². The van der Waals surface area contributed by atoms with Crippen LogP contribution in [0.25, 0.3) is 10.1 Å². The monoisotopic (exact) mass is 467 g/mol. The number of rotatable bonds is 5. The number of phenols is 1. The van der Waals surface area contributed by atoms with Crippen LogP contribution in [0.1, 0.15) is 22.9 Å². The highest BCUT2D eigenvalue weighted by Crippen LogP contribution is 2.37. The van der Waals surface area contributed by atoms with Gasteiger partial charge in [0.2, 0.25) is 10.0 Å². The molecule has 0 bridgehead atoms. The molecular weight excluding hydrogens is 446 g/mol. The number of benzene rings is 3. The molecule has 1 aliphatic rings. The highest BCUT2D eigenvalue weighted by Gasteiger charge is 2.26. The van der Waals surface area contributed by atoms with E-state index in [-0.39, 0.29) is 10.6 Å². The van der Waals surface area contributed by atoms with Gasteiger partial charge in [-0.3, -0.25) is 0 Å². The lowest BCUT2D eigenvalue weighted by Gasteiger charge is -2.19. The molecule has 5 rings (SSSR count). The van der Waals surface area contributed by atoms with Gasteiger partial charge in [0.05, 0.1) is 24.2 Å². The van der Waals surface area contributed by atoms with E-state index in [0.29, 0.717) is 24.7 Å². The SMILES string of the molecule is O=S(=O)(N[C@H](c1ccccc1)c1cc2cc(O)ccc2s1)c1ccc2c(c1)OCCCO2. The van der Waals surface area contributed by atoms with Crippen molar-refractivity contribution in [3.05, 3.63) is 83.2 Å². The maximum Gasteiger partial charge on any atom is 0.241 e. The van der Waals surface area contributed by atoms with Gasteiger partial charge in [-0.05, 0) is 47.3 Å². The van der Waals surface area contributed by atoms with Crippen molar-refractivity contribution in [2.75, 3.05) is 13.2 Å². The van der Waals surface area contributed by atoms with Gasteiger partial charge in [-0.1, -0.05) is 30.3 Å². The number of thiophene rings is 1. The van der Waals surface area contributed by atoms with E-state index < -0.39 is 16.1 Å². The zero-order valence-electron chi connectivity index (χ0n) is 17.0. The molecule has 0 aliphatic carbocycles. The molecule has 4 aromatic rings. The Hall–Kier alpha value is -3.07. The summed E-state index contributed by atoms with van der Waals surface area (Å²) >= 11 is 1.49. The number of aromatic hydroxyl groups is 1. The first-order valence-electron chi connectivity index (χ1n) is 10.2. The molecule has 3 aromatic carbocycles. The Labute approximate surface area is 190 Å². The van der Waals surface area contributed by atoms with Crippen LogP contribution in [0, 0.1) is 0 Å². The summed E-state index contributed by atoms with van der Waals surface area (Å²) in [5, 5.41) is 10.7. The lowest BCUT2D eigenvalue weighted by molar-refractivity contribution is 0.297. The van der Waals surface area contributed by atoms with Crippen LogP contribution in [0.5, 0.6) is 17.2 Å². The first-order valence-corrected chi connectivity index (χ1v) is 12.5. The van der Waals surface area contributed by atoms with Crippen molar-refractivity contribution < 1.29 is 23.0 Å². The second-order valence-corrected chi connectivity index (χ2v) is 10.3. The third kappa shape index (κ3) is 4.17. The number of hydrogen-bond donors (Lipinski definition) is 2. The Morgan fingerprint density at radius 1 is 0.906 bits per heavy atom. The molecule has 1 atom stereocenters. The van der Waals surface area contributed by atoms with E-state index in [9.17, 15) is 13.5 Å². The number of nitrogens with one attached hydrogen (secondary N) is 1. The minimum absolute atomic E-state index is 0.112. The zero-order chi connectivity index (χ0) is 22.1. The summed E-state index contributed by atoms with van der Waals surface area (Å²) in [4.78, 5) is 0.941. The molecule has 2 N–H and O–H groups in total. The molecular formula is C24H21NO5S2. The fourth-order valence-electron chi connectivity index (χ4n) is 3.66. The van der Waals surface area contributed by atoms with Gasteiger partial charge in [-0.15, -0.1) is 11.3 Å². The highest BCUT2D eigenvalue weighted by molar-refractivity contribution is 7.89. The van der Waals surface area contributed by atoms with Crippen molar-refractivity contribution in [1.29, 1.82) is 0 Å². The third-order valence-electron chi connectivity index (χ3n) is 5.24. The maximum absolute atomic E-state index is 13.4. The van der Waals surface area contributed by atoms with Gasteiger partial charge in [0.25, 0.3) is 0 Å². The van der Waals surface area contributed by atoms with Gasteiger partial charge in [0.15, 0.2) is 11.5 Å². The summed E-state index contributed by atoms with van der Waals surface area (Å²) in [6.07, 6.45) is 0.743. The van der Waals surface area contributed by atoms with E-state index in [4.69, 9.17) is 9.47 Å². The average Bonchev–Trinajstić information content (AvgIpc) is 3.06. The topological polar surface area (TPSA) is 84.9 Å².